The molecule has 4 aromatic carbocycles. The Hall–Kier alpha value is -4.74. The Balaban J connectivity index is 0.968. The number of furan rings is 2. The molecule has 0 bridgehead atoms. The number of aromatic nitrogens is 2. The molecule has 46 heavy (non-hydrogen) atoms. The number of thiazole rings is 2. The first-order chi connectivity index (χ1) is 22.5. The number of thiophene rings is 2. The number of nitrogens with zero attached hydrogens (tertiary/aromatic N) is 2. The van der Waals surface area contributed by atoms with Gasteiger partial charge in [0.25, 0.3) is 0 Å². The first-order valence-corrected chi connectivity index (χ1v) is 17.5. The van der Waals surface area contributed by atoms with E-state index in [0.29, 0.717) is 11.2 Å². The van der Waals surface area contributed by atoms with E-state index in [4.69, 9.17) is 18.8 Å². The van der Waals surface area contributed by atoms with Gasteiger partial charge in [0.05, 0.1) is 39.9 Å². The third-order valence-corrected chi connectivity index (χ3v) is 12.5. The lowest BCUT2D eigenvalue weighted by molar-refractivity contribution is 0.620. The van der Waals surface area contributed by atoms with Crippen LogP contribution in [0.1, 0.15) is 0 Å². The molecule has 0 N–H and O–H groups in total. The minimum atomic E-state index is -0.277. The Morgan fingerprint density at radius 2 is 0.891 bits per heavy atom. The van der Waals surface area contributed by atoms with Gasteiger partial charge in [0.15, 0.2) is 0 Å². The molecule has 0 aliphatic carbocycles. The number of halogens is 2. The van der Waals surface area contributed by atoms with E-state index in [1.54, 1.807) is 57.5 Å². The van der Waals surface area contributed by atoms with E-state index >= 15 is 0 Å². The second-order valence-electron chi connectivity index (χ2n) is 10.9. The van der Waals surface area contributed by atoms with Crippen LogP contribution < -0.4 is 0 Å². The molecule has 220 valence electrons. The maximum Gasteiger partial charge on any atom is 0.145 e. The van der Waals surface area contributed by atoms with Gasteiger partial charge in [-0.3, -0.25) is 0 Å². The van der Waals surface area contributed by atoms with E-state index in [0.717, 1.165) is 83.0 Å². The maximum absolute atomic E-state index is 13.7. The second kappa shape index (κ2) is 9.88. The highest BCUT2D eigenvalue weighted by molar-refractivity contribution is 7.27. The van der Waals surface area contributed by atoms with Crippen molar-refractivity contribution in [3.63, 3.8) is 0 Å². The SMILES string of the molecule is Fc1ccc2oc(-c3ccc(-c4nc5cc6cc7sc(-c8ccc(-c9cc%10cc(F)ccc%10o9)s8)nc7cc6cc5s4)s3)cc2c1. The molecule has 0 saturated heterocycles. The topological polar surface area (TPSA) is 52.1 Å². The van der Waals surface area contributed by atoms with E-state index in [9.17, 15) is 8.78 Å². The Morgan fingerprint density at radius 3 is 1.37 bits per heavy atom. The third-order valence-electron chi connectivity index (χ3n) is 7.93. The van der Waals surface area contributed by atoms with E-state index in [1.807, 2.05) is 24.3 Å². The molecule has 0 spiro atoms. The summed E-state index contributed by atoms with van der Waals surface area (Å²) in [6.45, 7) is 0. The van der Waals surface area contributed by atoms with Crippen molar-refractivity contribution in [2.24, 2.45) is 0 Å². The summed E-state index contributed by atoms with van der Waals surface area (Å²) in [7, 11) is 0. The molecule has 10 aromatic rings. The summed E-state index contributed by atoms with van der Waals surface area (Å²) in [6, 6.07) is 29.8. The number of hydrogen-bond donors (Lipinski definition) is 0. The highest BCUT2D eigenvalue weighted by Crippen LogP contribution is 2.43. The fourth-order valence-corrected chi connectivity index (χ4v) is 9.77. The quantitative estimate of drug-likeness (QED) is 0.186. The molecule has 0 fully saturated rings. The molecule has 4 nitrogen and oxygen atoms in total. The Morgan fingerprint density at radius 1 is 0.435 bits per heavy atom. The van der Waals surface area contributed by atoms with Crippen LogP contribution in [0.3, 0.4) is 0 Å². The normalized spacial score (nSPS) is 12.1. The summed E-state index contributed by atoms with van der Waals surface area (Å²) >= 11 is 6.56. The first kappa shape index (κ1) is 26.5. The molecule has 0 unspecified atom stereocenters. The molecule has 6 heterocycles. The standard InChI is InChI=1S/C36H16F2N2O2S4/c37-21-1-3-25-19(9-21)13-27(41-25)29-5-7-31(43-29)35-39-23-11-17-16-34-24(12-18(17)15-33(23)45-35)40-36(46-34)32-8-6-30(44-32)28-14-20-10-22(38)2-4-26(20)42-28/h1-16H. The van der Waals surface area contributed by atoms with Gasteiger partial charge in [-0.25, -0.2) is 18.7 Å². The molecular weight excluding hydrogens is 659 g/mol. The van der Waals surface area contributed by atoms with Crippen LogP contribution >= 0.6 is 45.3 Å². The Labute approximate surface area is 274 Å². The Kier molecular flexibility index (Phi) is 5.69. The van der Waals surface area contributed by atoms with Crippen LogP contribution in [0.4, 0.5) is 8.78 Å². The van der Waals surface area contributed by atoms with Gasteiger partial charge in [0.2, 0.25) is 0 Å². The molecule has 0 atom stereocenters. The average Bonchev–Trinajstić information content (AvgIpc) is 3.87. The van der Waals surface area contributed by atoms with Crippen LogP contribution in [0, 0.1) is 11.6 Å². The molecule has 0 saturated carbocycles. The molecule has 6 aromatic heterocycles. The van der Waals surface area contributed by atoms with Crippen molar-refractivity contribution in [2.45, 2.75) is 0 Å². The average molecular weight is 675 g/mol. The molecule has 0 aliphatic rings. The number of benzene rings is 4. The number of rotatable bonds is 4. The molecule has 0 amide bonds. The van der Waals surface area contributed by atoms with Gasteiger partial charge >= 0.3 is 0 Å². The predicted molar refractivity (Wildman–Crippen MR) is 187 cm³/mol. The number of fused-ring (bicyclic) bond motifs is 5. The van der Waals surface area contributed by atoms with Crippen LogP contribution in [-0.4, -0.2) is 9.97 Å². The first-order valence-electron chi connectivity index (χ1n) is 14.2. The molecule has 0 aliphatic heterocycles. The Bertz CT molecular complexity index is 2560. The van der Waals surface area contributed by atoms with Crippen LogP contribution in [0.5, 0.6) is 0 Å². The number of hydrogen-bond acceptors (Lipinski definition) is 8. The lowest BCUT2D eigenvalue weighted by Gasteiger charge is -1.97. The van der Waals surface area contributed by atoms with Gasteiger partial charge in [-0.2, -0.15) is 0 Å². The summed E-state index contributed by atoms with van der Waals surface area (Å²) in [4.78, 5) is 14.0. The van der Waals surface area contributed by atoms with Crippen LogP contribution in [0.25, 0.3) is 94.2 Å². The minimum absolute atomic E-state index is 0.277. The van der Waals surface area contributed by atoms with Crippen molar-refractivity contribution >= 4 is 98.5 Å². The van der Waals surface area contributed by atoms with Crippen molar-refractivity contribution < 1.29 is 17.6 Å². The van der Waals surface area contributed by atoms with E-state index in [1.165, 1.54) is 24.3 Å². The van der Waals surface area contributed by atoms with Gasteiger partial charge in [-0.1, -0.05) is 0 Å². The molecule has 10 heteroatoms. The van der Waals surface area contributed by atoms with Crippen LogP contribution in [0.2, 0.25) is 0 Å². The van der Waals surface area contributed by atoms with Crippen LogP contribution in [0.15, 0.2) is 106 Å². The fourth-order valence-electron chi connectivity index (χ4n) is 5.75. The third kappa shape index (κ3) is 4.33. The monoisotopic (exact) mass is 674 g/mol. The zero-order valence-electron chi connectivity index (χ0n) is 23.3. The largest absolute Gasteiger partial charge is 0.455 e. The van der Waals surface area contributed by atoms with Crippen molar-refractivity contribution in [3.05, 3.63) is 109 Å². The molecule has 0 radical (unpaired) electrons. The second-order valence-corrected chi connectivity index (χ2v) is 15.2. The van der Waals surface area contributed by atoms with Gasteiger partial charge in [-0.05, 0) is 108 Å². The summed E-state index contributed by atoms with van der Waals surface area (Å²) in [5.41, 5.74) is 3.25. The van der Waals surface area contributed by atoms with Gasteiger partial charge in [-0.15, -0.1) is 45.3 Å². The van der Waals surface area contributed by atoms with Crippen LogP contribution in [-0.2, 0) is 0 Å². The molecule has 10 rings (SSSR count). The highest BCUT2D eigenvalue weighted by atomic mass is 32.1. The fraction of sp³-hybridized carbons (Fsp3) is 0. The zero-order valence-corrected chi connectivity index (χ0v) is 26.6. The van der Waals surface area contributed by atoms with E-state index < -0.39 is 0 Å². The van der Waals surface area contributed by atoms with E-state index in [2.05, 4.69) is 36.4 Å². The lowest BCUT2D eigenvalue weighted by Crippen LogP contribution is -1.76. The van der Waals surface area contributed by atoms with E-state index in [-0.39, 0.29) is 11.6 Å². The van der Waals surface area contributed by atoms with Gasteiger partial charge in [0.1, 0.15) is 44.3 Å². The summed E-state index contributed by atoms with van der Waals surface area (Å²) in [5, 5.41) is 5.65. The molecular formula is C36H16F2N2O2S4. The summed E-state index contributed by atoms with van der Waals surface area (Å²) in [6.07, 6.45) is 0. The van der Waals surface area contributed by atoms with Gasteiger partial charge in [0, 0.05) is 10.8 Å². The summed E-state index contributed by atoms with van der Waals surface area (Å²) in [5.74, 6) is 0.892. The van der Waals surface area contributed by atoms with Gasteiger partial charge < -0.3 is 8.83 Å². The smallest absolute Gasteiger partial charge is 0.145 e. The summed E-state index contributed by atoms with van der Waals surface area (Å²) < 4.78 is 41.5. The predicted octanol–water partition coefficient (Wildman–Crippen LogP) is 12.6. The zero-order chi connectivity index (χ0) is 30.5. The highest BCUT2D eigenvalue weighted by Gasteiger charge is 2.16. The van der Waals surface area contributed by atoms with Crippen molar-refractivity contribution in [1.82, 2.24) is 9.97 Å². The maximum atomic E-state index is 13.7. The van der Waals surface area contributed by atoms with Crippen molar-refractivity contribution in [1.29, 1.82) is 0 Å². The van der Waals surface area contributed by atoms with Crippen molar-refractivity contribution in [2.75, 3.05) is 0 Å². The lowest BCUT2D eigenvalue weighted by atomic mass is 10.1. The van der Waals surface area contributed by atoms with Crippen molar-refractivity contribution in [3.8, 4) is 41.0 Å². The minimum Gasteiger partial charge on any atom is -0.455 e.